The minimum atomic E-state index is -0.644. The molecule has 0 aliphatic carbocycles. The zero-order valence-electron chi connectivity index (χ0n) is 14.8. The topological polar surface area (TPSA) is 102 Å². The zero-order valence-corrected chi connectivity index (χ0v) is 14.8. The van der Waals surface area contributed by atoms with E-state index in [2.05, 4.69) is 5.32 Å². The molecule has 3 N–H and O–H groups in total. The average Bonchev–Trinajstić information content (AvgIpc) is 3.17. The van der Waals surface area contributed by atoms with Gasteiger partial charge in [0.2, 0.25) is 5.91 Å². The van der Waals surface area contributed by atoms with E-state index in [4.69, 9.17) is 10.5 Å². The predicted molar refractivity (Wildman–Crippen MR) is 99.9 cm³/mol. The van der Waals surface area contributed by atoms with Crippen molar-refractivity contribution in [3.63, 3.8) is 0 Å². The number of carbonyl (C=O) groups is 3. The van der Waals surface area contributed by atoms with Gasteiger partial charge in [0.25, 0.3) is 5.91 Å². The summed E-state index contributed by atoms with van der Waals surface area (Å²) >= 11 is 0. The number of hydrogen-bond donors (Lipinski definition) is 2. The van der Waals surface area contributed by atoms with E-state index in [1.54, 1.807) is 24.3 Å². The summed E-state index contributed by atoms with van der Waals surface area (Å²) in [4.78, 5) is 38.0. The van der Waals surface area contributed by atoms with Gasteiger partial charge in [0, 0.05) is 6.54 Å². The monoisotopic (exact) mass is 367 g/mol. The minimum absolute atomic E-state index is 0.148. The summed E-state index contributed by atoms with van der Waals surface area (Å²) in [6.45, 7) is 0.595. The van der Waals surface area contributed by atoms with Crippen molar-refractivity contribution in [2.24, 2.45) is 5.73 Å². The lowest BCUT2D eigenvalue weighted by Crippen LogP contribution is -2.43. The molecule has 7 heteroatoms. The Morgan fingerprint density at radius 3 is 2.52 bits per heavy atom. The molecule has 2 aromatic rings. The molecule has 1 fully saturated rings. The molecule has 0 radical (unpaired) electrons. The van der Waals surface area contributed by atoms with Crippen LogP contribution in [-0.4, -0.2) is 35.4 Å². The third-order valence-electron chi connectivity index (χ3n) is 4.45. The molecule has 27 heavy (non-hydrogen) atoms. The minimum Gasteiger partial charge on any atom is -0.445 e. The number of hydrogen-bond acceptors (Lipinski definition) is 4. The van der Waals surface area contributed by atoms with Crippen molar-refractivity contribution in [1.29, 1.82) is 0 Å². The largest absolute Gasteiger partial charge is 0.445 e. The molecule has 0 saturated carbocycles. The summed E-state index contributed by atoms with van der Waals surface area (Å²) in [5, 5.41) is 2.70. The Bertz CT molecular complexity index is 838. The number of nitrogens with zero attached hydrogens (tertiary/aromatic N) is 1. The summed E-state index contributed by atoms with van der Waals surface area (Å²) in [6.07, 6.45) is 0.709. The van der Waals surface area contributed by atoms with E-state index >= 15 is 0 Å². The zero-order chi connectivity index (χ0) is 19.2. The number of anilines is 1. The van der Waals surface area contributed by atoms with Crippen molar-refractivity contribution in [3.05, 3.63) is 65.7 Å². The second-order valence-electron chi connectivity index (χ2n) is 6.29. The molecule has 3 amide bonds. The van der Waals surface area contributed by atoms with Crippen molar-refractivity contribution in [2.45, 2.75) is 25.5 Å². The molecule has 140 valence electrons. The van der Waals surface area contributed by atoms with Crippen LogP contribution in [0.5, 0.6) is 0 Å². The Labute approximate surface area is 157 Å². The molecule has 1 saturated heterocycles. The van der Waals surface area contributed by atoms with Crippen LogP contribution in [0.4, 0.5) is 10.5 Å². The van der Waals surface area contributed by atoms with Gasteiger partial charge in [-0.1, -0.05) is 42.5 Å². The lowest BCUT2D eigenvalue weighted by molar-refractivity contribution is -0.120. The summed E-state index contributed by atoms with van der Waals surface area (Å²) in [5.41, 5.74) is 6.77. The maximum absolute atomic E-state index is 12.7. The summed E-state index contributed by atoms with van der Waals surface area (Å²) in [7, 11) is 0. The smallest absolute Gasteiger partial charge is 0.410 e. The van der Waals surface area contributed by atoms with Crippen molar-refractivity contribution in [3.8, 4) is 0 Å². The van der Waals surface area contributed by atoms with E-state index in [1.807, 2.05) is 30.3 Å². The molecular formula is C20H21N3O4. The Balaban J connectivity index is 1.64. The maximum Gasteiger partial charge on any atom is 0.410 e. The van der Waals surface area contributed by atoms with Gasteiger partial charge < -0.3 is 15.8 Å². The van der Waals surface area contributed by atoms with E-state index in [-0.39, 0.29) is 18.1 Å². The van der Waals surface area contributed by atoms with Gasteiger partial charge in [-0.3, -0.25) is 14.5 Å². The molecule has 0 bridgehead atoms. The molecule has 1 heterocycles. The third kappa shape index (κ3) is 4.44. The number of ether oxygens (including phenoxy) is 1. The molecule has 1 unspecified atom stereocenters. The number of amides is 3. The SMILES string of the molecule is NC(=O)c1ccccc1NC(=O)C1CCCN1C(=O)OCc1ccccc1. The summed E-state index contributed by atoms with van der Waals surface area (Å²) in [6, 6.07) is 15.2. The van der Waals surface area contributed by atoms with Crippen LogP contribution >= 0.6 is 0 Å². The quantitative estimate of drug-likeness (QED) is 0.848. The molecule has 0 spiro atoms. The fourth-order valence-corrected chi connectivity index (χ4v) is 3.08. The van der Waals surface area contributed by atoms with Crippen molar-refractivity contribution in [1.82, 2.24) is 4.90 Å². The molecule has 3 rings (SSSR count). The van der Waals surface area contributed by atoms with Gasteiger partial charge in [-0.15, -0.1) is 0 Å². The van der Waals surface area contributed by atoms with Crippen molar-refractivity contribution >= 4 is 23.6 Å². The summed E-state index contributed by atoms with van der Waals surface area (Å²) in [5.74, 6) is -0.991. The number of rotatable bonds is 5. The van der Waals surface area contributed by atoms with Gasteiger partial charge in [-0.25, -0.2) is 4.79 Å². The molecule has 2 aromatic carbocycles. The lowest BCUT2D eigenvalue weighted by atomic mass is 10.1. The second-order valence-corrected chi connectivity index (χ2v) is 6.29. The van der Waals surface area contributed by atoms with Crippen LogP contribution in [-0.2, 0) is 16.1 Å². The van der Waals surface area contributed by atoms with E-state index in [0.717, 1.165) is 5.56 Å². The third-order valence-corrected chi connectivity index (χ3v) is 4.45. The molecule has 1 aliphatic heterocycles. The van der Waals surface area contributed by atoms with E-state index < -0.39 is 18.0 Å². The van der Waals surface area contributed by atoms with Gasteiger partial charge >= 0.3 is 6.09 Å². The highest BCUT2D eigenvalue weighted by Gasteiger charge is 2.35. The number of primary amides is 1. The van der Waals surface area contributed by atoms with Gasteiger partial charge in [0.15, 0.2) is 0 Å². The number of benzene rings is 2. The van der Waals surface area contributed by atoms with Crippen molar-refractivity contribution < 1.29 is 19.1 Å². The fourth-order valence-electron chi connectivity index (χ4n) is 3.08. The van der Waals surface area contributed by atoms with E-state index in [1.165, 1.54) is 4.90 Å². The first kappa shape index (κ1) is 18.4. The Morgan fingerprint density at radius 1 is 1.07 bits per heavy atom. The van der Waals surface area contributed by atoms with Gasteiger partial charge in [0.1, 0.15) is 12.6 Å². The standard InChI is InChI=1S/C20H21N3O4/c21-18(24)15-9-4-5-10-16(15)22-19(25)17-11-6-12-23(17)20(26)27-13-14-7-2-1-3-8-14/h1-5,7-10,17H,6,11-13H2,(H2,21,24)(H,22,25). The van der Waals surface area contributed by atoms with Crippen LogP contribution in [0.1, 0.15) is 28.8 Å². The number of nitrogens with one attached hydrogen (secondary N) is 1. The maximum atomic E-state index is 12.7. The first-order valence-electron chi connectivity index (χ1n) is 8.73. The first-order valence-corrected chi connectivity index (χ1v) is 8.73. The fraction of sp³-hybridized carbons (Fsp3) is 0.250. The van der Waals surface area contributed by atoms with Crippen molar-refractivity contribution in [2.75, 3.05) is 11.9 Å². The van der Waals surface area contributed by atoms with Crippen LogP contribution < -0.4 is 11.1 Å². The molecule has 0 aromatic heterocycles. The van der Waals surface area contributed by atoms with E-state index in [9.17, 15) is 14.4 Å². The number of carbonyl (C=O) groups excluding carboxylic acids is 3. The average molecular weight is 367 g/mol. The van der Waals surface area contributed by atoms with E-state index in [0.29, 0.717) is 25.1 Å². The predicted octanol–water partition coefficient (Wildman–Crippen LogP) is 2.53. The molecule has 1 atom stereocenters. The number of nitrogens with two attached hydrogens (primary N) is 1. The molecular weight excluding hydrogens is 346 g/mol. The van der Waals surface area contributed by atoms with Crippen LogP contribution in [0.3, 0.4) is 0 Å². The number of likely N-dealkylation sites (tertiary alicyclic amines) is 1. The number of para-hydroxylation sites is 1. The molecule has 7 nitrogen and oxygen atoms in total. The van der Waals surface area contributed by atoms with Crippen LogP contribution in [0.25, 0.3) is 0 Å². The van der Waals surface area contributed by atoms with Gasteiger partial charge in [0.05, 0.1) is 11.3 Å². The van der Waals surface area contributed by atoms with Crippen LogP contribution in [0.15, 0.2) is 54.6 Å². The second kappa shape index (κ2) is 8.35. The first-order chi connectivity index (χ1) is 13.1. The Morgan fingerprint density at radius 2 is 1.78 bits per heavy atom. The van der Waals surface area contributed by atoms with Crippen LogP contribution in [0.2, 0.25) is 0 Å². The normalized spacial score (nSPS) is 16.0. The highest BCUT2D eigenvalue weighted by Crippen LogP contribution is 2.22. The Kier molecular flexibility index (Phi) is 5.71. The van der Waals surface area contributed by atoms with Gasteiger partial charge in [-0.2, -0.15) is 0 Å². The Hall–Kier alpha value is -3.35. The lowest BCUT2D eigenvalue weighted by Gasteiger charge is -2.23. The van der Waals surface area contributed by atoms with Crippen LogP contribution in [0, 0.1) is 0 Å². The summed E-state index contributed by atoms with van der Waals surface area (Å²) < 4.78 is 5.34. The molecule has 1 aliphatic rings. The highest BCUT2D eigenvalue weighted by molar-refractivity contribution is 6.04. The highest BCUT2D eigenvalue weighted by atomic mass is 16.6. The van der Waals surface area contributed by atoms with Gasteiger partial charge in [-0.05, 0) is 30.5 Å².